The number of non-ortho nitro benzene ring substituents is 1. The number of anilines is 2. The van der Waals surface area contributed by atoms with Gasteiger partial charge in [0.05, 0.1) is 30.1 Å². The molecule has 0 amide bonds. The number of allylic oxidation sites excluding steroid dienone is 2. The summed E-state index contributed by atoms with van der Waals surface area (Å²) in [7, 11) is 1.42. The van der Waals surface area contributed by atoms with Crippen molar-refractivity contribution in [2.45, 2.75) is 69.7 Å². The minimum absolute atomic E-state index is 0.0212. The number of methoxy groups -OCH3 is 1. The lowest BCUT2D eigenvalue weighted by Crippen LogP contribution is -2.62. The van der Waals surface area contributed by atoms with E-state index in [0.29, 0.717) is 16.9 Å². The highest BCUT2D eigenvalue weighted by Gasteiger charge is 2.62. The third kappa shape index (κ3) is 5.62. The summed E-state index contributed by atoms with van der Waals surface area (Å²) in [5.74, 6) is -2.85. The Kier molecular flexibility index (Phi) is 8.47. The molecular weight excluding hydrogens is 710 g/mol. The predicted octanol–water partition coefficient (Wildman–Crippen LogP) is 10.6. The van der Waals surface area contributed by atoms with Crippen LogP contribution < -0.4 is 19.3 Å². The van der Waals surface area contributed by atoms with E-state index >= 15 is 8.78 Å². The van der Waals surface area contributed by atoms with Gasteiger partial charge in [-0.15, -0.1) is 0 Å². The van der Waals surface area contributed by atoms with Gasteiger partial charge >= 0.3 is 0 Å². The minimum atomic E-state index is -1.24. The van der Waals surface area contributed by atoms with Crippen molar-refractivity contribution in [3.8, 4) is 11.5 Å². The van der Waals surface area contributed by atoms with Crippen LogP contribution in [-0.2, 0) is 23.9 Å². The fourth-order valence-corrected chi connectivity index (χ4v) is 8.90. The van der Waals surface area contributed by atoms with E-state index in [1.807, 2.05) is 58.3 Å². The first-order chi connectivity index (χ1) is 26.2. The minimum Gasteiger partial charge on any atom is -0.493 e. The van der Waals surface area contributed by atoms with E-state index in [-0.39, 0.29) is 36.5 Å². The fourth-order valence-electron chi connectivity index (χ4n) is 8.90. The van der Waals surface area contributed by atoms with Crippen molar-refractivity contribution >= 4 is 17.1 Å². The van der Waals surface area contributed by atoms with Gasteiger partial charge in [0.25, 0.3) is 5.69 Å². The van der Waals surface area contributed by atoms with Gasteiger partial charge in [-0.25, -0.2) is 17.6 Å². The molecule has 2 atom stereocenters. The number of fused-ring (bicyclic) bond motifs is 3. The summed E-state index contributed by atoms with van der Waals surface area (Å²) >= 11 is 0. The van der Waals surface area contributed by atoms with E-state index in [2.05, 4.69) is 33.8 Å². The number of halogens is 4. The maximum Gasteiger partial charge on any atom is 0.273 e. The second-order valence-corrected chi connectivity index (χ2v) is 15.5. The molecule has 0 bridgehead atoms. The van der Waals surface area contributed by atoms with Crippen LogP contribution in [0, 0.1) is 33.4 Å². The van der Waals surface area contributed by atoms with Gasteiger partial charge in [-0.1, -0.05) is 68.5 Å². The van der Waals surface area contributed by atoms with Gasteiger partial charge in [-0.2, -0.15) is 0 Å². The topological polar surface area (TPSA) is 68.1 Å². The van der Waals surface area contributed by atoms with Crippen molar-refractivity contribution in [1.82, 2.24) is 0 Å². The monoisotopic (exact) mass is 749 g/mol. The van der Waals surface area contributed by atoms with Crippen LogP contribution in [0.5, 0.6) is 11.5 Å². The fraction of sp³-hybridized carbons (Fsp3) is 0.273. The summed E-state index contributed by atoms with van der Waals surface area (Å²) in [6, 6.07) is 25.5. The molecule has 2 unspecified atom stereocenters. The highest BCUT2D eigenvalue weighted by atomic mass is 19.1. The van der Waals surface area contributed by atoms with Gasteiger partial charge in [-0.3, -0.25) is 10.1 Å². The Balaban J connectivity index is 1.36. The van der Waals surface area contributed by atoms with Gasteiger partial charge in [0.15, 0.2) is 17.2 Å². The van der Waals surface area contributed by atoms with Crippen LogP contribution in [-0.4, -0.2) is 17.8 Å². The first-order valence-corrected chi connectivity index (χ1v) is 18.1. The molecule has 5 aromatic carbocycles. The van der Waals surface area contributed by atoms with Crippen molar-refractivity contribution < 1.29 is 32.0 Å². The lowest BCUT2D eigenvalue weighted by Gasteiger charge is -2.52. The Morgan fingerprint density at radius 3 is 2.04 bits per heavy atom. The molecule has 0 aromatic heterocycles. The largest absolute Gasteiger partial charge is 0.493 e. The van der Waals surface area contributed by atoms with Gasteiger partial charge in [-0.05, 0) is 49.2 Å². The molecule has 8 rings (SSSR count). The third-order valence-corrected chi connectivity index (χ3v) is 11.8. The second-order valence-electron chi connectivity index (χ2n) is 15.5. The lowest BCUT2D eigenvalue weighted by molar-refractivity contribution is -0.385. The van der Waals surface area contributed by atoms with Gasteiger partial charge in [0, 0.05) is 76.3 Å². The summed E-state index contributed by atoms with van der Waals surface area (Å²) in [6.07, 6.45) is 2.31. The maximum atomic E-state index is 15.5. The molecule has 1 spiro atoms. The first-order valence-electron chi connectivity index (χ1n) is 18.1. The molecule has 55 heavy (non-hydrogen) atoms. The number of para-hydroxylation sites is 2. The van der Waals surface area contributed by atoms with E-state index in [1.54, 1.807) is 0 Å². The number of hydrogen-bond acceptors (Lipinski definition) is 6. The van der Waals surface area contributed by atoms with Crippen LogP contribution in [0.1, 0.15) is 67.9 Å². The van der Waals surface area contributed by atoms with Crippen LogP contribution in [0.2, 0.25) is 0 Å². The van der Waals surface area contributed by atoms with Crippen LogP contribution in [0.3, 0.4) is 0 Å². The van der Waals surface area contributed by atoms with E-state index in [4.69, 9.17) is 9.47 Å². The average molecular weight is 750 g/mol. The summed E-state index contributed by atoms with van der Waals surface area (Å²) < 4.78 is 72.0. The molecule has 0 N–H and O–H groups in total. The number of nitrogens with zero attached hydrogens (tertiary/aromatic N) is 3. The molecule has 0 fully saturated rings. The number of nitro benzene ring substituents is 1. The van der Waals surface area contributed by atoms with Gasteiger partial charge in [0.1, 0.15) is 23.3 Å². The first kappa shape index (κ1) is 36.2. The summed E-state index contributed by atoms with van der Waals surface area (Å²) in [5.41, 5.74) is 2.63. The summed E-state index contributed by atoms with van der Waals surface area (Å²) in [6.45, 7) is 8.36. The van der Waals surface area contributed by atoms with Crippen LogP contribution in [0.25, 0.3) is 0 Å². The standard InChI is InChI=1S/C44H39F4N3O4/c1-42(2)33-10-6-8-12-37(33)49(24-26-14-16-29(45)19-35(26)47)40(42)18-28-23-44(55-41-32(28)21-31(51(52)53)22-39(41)54-5)43(3,4)34-11-7-9-13-38(34)50(44)25-27-15-17-30(46)20-36(27)48/h6-22,28H,23-25H2,1-5H3/b40-18+. The van der Waals surface area contributed by atoms with Gasteiger partial charge in [0.2, 0.25) is 0 Å². The Labute approximate surface area is 316 Å². The van der Waals surface area contributed by atoms with Crippen molar-refractivity contribution in [3.63, 3.8) is 0 Å². The van der Waals surface area contributed by atoms with Gasteiger partial charge < -0.3 is 19.3 Å². The Bertz CT molecular complexity index is 2410. The van der Waals surface area contributed by atoms with Crippen LogP contribution >= 0.6 is 0 Å². The Morgan fingerprint density at radius 1 is 0.818 bits per heavy atom. The number of benzene rings is 5. The number of hydrogen-bond donors (Lipinski definition) is 0. The van der Waals surface area contributed by atoms with E-state index < -0.39 is 50.7 Å². The zero-order valence-electron chi connectivity index (χ0n) is 31.0. The quantitative estimate of drug-likeness (QED) is 0.0938. The molecule has 5 aromatic rings. The normalized spacial score (nSPS) is 21.0. The SMILES string of the molecule is COc1cc([N+](=O)[O-])cc2c1OC1(CC2/C=C2/N(Cc3ccc(F)cc3F)c3ccccc3C2(C)C)N(Cc2ccc(F)cc2F)c2ccccc2C1(C)C. The molecule has 282 valence electrons. The Hall–Kier alpha value is -5.84. The summed E-state index contributed by atoms with van der Waals surface area (Å²) in [5, 5.41) is 12.3. The molecule has 0 aliphatic carbocycles. The number of ether oxygens (including phenoxy) is 2. The predicted molar refractivity (Wildman–Crippen MR) is 202 cm³/mol. The van der Waals surface area contributed by atoms with Crippen molar-refractivity contribution in [1.29, 1.82) is 0 Å². The average Bonchev–Trinajstić information content (AvgIpc) is 3.46. The van der Waals surface area contributed by atoms with Crippen molar-refractivity contribution in [2.24, 2.45) is 0 Å². The molecule has 3 aliphatic rings. The molecule has 0 saturated heterocycles. The molecule has 3 aliphatic heterocycles. The molecule has 0 saturated carbocycles. The third-order valence-electron chi connectivity index (χ3n) is 11.8. The molecule has 7 nitrogen and oxygen atoms in total. The van der Waals surface area contributed by atoms with Crippen molar-refractivity contribution in [2.75, 3.05) is 16.9 Å². The lowest BCUT2D eigenvalue weighted by atomic mass is 9.70. The number of nitro groups is 1. The summed E-state index contributed by atoms with van der Waals surface area (Å²) in [4.78, 5) is 15.9. The van der Waals surface area contributed by atoms with E-state index in [1.165, 1.54) is 43.5 Å². The molecule has 11 heteroatoms. The highest BCUT2D eigenvalue weighted by Crippen LogP contribution is 2.61. The van der Waals surface area contributed by atoms with Crippen LogP contribution in [0.4, 0.5) is 34.6 Å². The zero-order valence-corrected chi connectivity index (χ0v) is 31.0. The highest BCUT2D eigenvalue weighted by molar-refractivity contribution is 5.72. The Morgan fingerprint density at radius 2 is 1.42 bits per heavy atom. The molecule has 3 heterocycles. The number of rotatable bonds is 7. The van der Waals surface area contributed by atoms with Crippen LogP contribution in [0.15, 0.2) is 109 Å². The van der Waals surface area contributed by atoms with E-state index in [0.717, 1.165) is 40.3 Å². The van der Waals surface area contributed by atoms with Crippen molar-refractivity contribution in [3.05, 3.63) is 170 Å². The second kappa shape index (κ2) is 12.9. The maximum absolute atomic E-state index is 15.5. The van der Waals surface area contributed by atoms with E-state index in [9.17, 15) is 18.9 Å². The zero-order chi connectivity index (χ0) is 39.0. The molecular formula is C44H39F4N3O4. The molecule has 0 radical (unpaired) electrons. The smallest absolute Gasteiger partial charge is 0.273 e.